The molecule has 0 amide bonds. The monoisotopic (exact) mass is 180 g/mol. The van der Waals surface area contributed by atoms with Gasteiger partial charge in [-0.05, 0) is 26.2 Å². The third-order valence-corrected chi connectivity index (χ3v) is 3.22. The third-order valence-electron chi connectivity index (χ3n) is 3.22. The topological polar surface area (TPSA) is 29.3 Å². The lowest BCUT2D eigenvalue weighted by atomic mass is 9.88. The van der Waals surface area contributed by atoms with Gasteiger partial charge >= 0.3 is 0 Å². The Morgan fingerprint density at radius 1 is 1.46 bits per heavy atom. The minimum Gasteiger partial charge on any atom is -0.327 e. The molecule has 0 aliphatic carbocycles. The number of rotatable bonds is 1. The predicted molar refractivity (Wildman–Crippen MR) is 56.2 cm³/mol. The highest BCUT2D eigenvalue weighted by molar-refractivity contribution is 5.00. The zero-order valence-corrected chi connectivity index (χ0v) is 8.88. The summed E-state index contributed by atoms with van der Waals surface area (Å²) in [5.41, 5.74) is 6.00. The van der Waals surface area contributed by atoms with Crippen LogP contribution in [0.3, 0.4) is 0 Å². The van der Waals surface area contributed by atoms with E-state index in [9.17, 15) is 0 Å². The molecule has 1 saturated heterocycles. The van der Waals surface area contributed by atoms with E-state index < -0.39 is 0 Å². The number of hydrogen-bond acceptors (Lipinski definition) is 2. The van der Waals surface area contributed by atoms with Crippen LogP contribution < -0.4 is 5.73 Å². The van der Waals surface area contributed by atoms with Gasteiger partial charge < -0.3 is 5.73 Å². The van der Waals surface area contributed by atoms with Gasteiger partial charge in [0.15, 0.2) is 0 Å². The molecule has 1 aliphatic rings. The molecule has 2 heteroatoms. The second kappa shape index (κ2) is 4.64. The molecular formula is C11H20N2. The van der Waals surface area contributed by atoms with E-state index in [1.165, 1.54) is 0 Å². The van der Waals surface area contributed by atoms with Crippen molar-refractivity contribution in [2.24, 2.45) is 11.7 Å². The van der Waals surface area contributed by atoms with Crippen molar-refractivity contribution in [1.82, 2.24) is 4.90 Å². The summed E-state index contributed by atoms with van der Waals surface area (Å²) in [6.45, 7) is 8.38. The molecule has 2 N–H and O–H groups in total. The molecule has 0 aromatic heterocycles. The van der Waals surface area contributed by atoms with E-state index in [-0.39, 0.29) is 0 Å². The fourth-order valence-corrected chi connectivity index (χ4v) is 1.88. The lowest BCUT2D eigenvalue weighted by Crippen LogP contribution is -2.51. The third kappa shape index (κ3) is 2.46. The van der Waals surface area contributed by atoms with E-state index in [2.05, 4.69) is 30.6 Å². The Hall–Kier alpha value is -0.520. The second-order valence-electron chi connectivity index (χ2n) is 3.95. The Morgan fingerprint density at radius 3 is 2.77 bits per heavy atom. The summed E-state index contributed by atoms with van der Waals surface area (Å²) in [7, 11) is 0. The normalized spacial score (nSPS) is 35.2. The molecule has 13 heavy (non-hydrogen) atoms. The van der Waals surface area contributed by atoms with Gasteiger partial charge in [-0.2, -0.15) is 0 Å². The van der Waals surface area contributed by atoms with Crippen LogP contribution in [-0.4, -0.2) is 30.1 Å². The molecule has 1 fully saturated rings. The summed E-state index contributed by atoms with van der Waals surface area (Å²) in [5, 5.41) is 0. The van der Waals surface area contributed by atoms with Crippen molar-refractivity contribution in [3.8, 4) is 11.8 Å². The van der Waals surface area contributed by atoms with Crippen molar-refractivity contribution in [3.63, 3.8) is 0 Å². The quantitative estimate of drug-likeness (QED) is 0.612. The van der Waals surface area contributed by atoms with Crippen molar-refractivity contribution in [3.05, 3.63) is 0 Å². The standard InChI is InChI=1S/C11H20N2/c1-4-5-7-13-8-6-11(12)9(2)10(13)3/h9-11H,6-8,12H2,1-3H3. The highest BCUT2D eigenvalue weighted by Crippen LogP contribution is 2.21. The van der Waals surface area contributed by atoms with Crippen molar-refractivity contribution >= 4 is 0 Å². The molecule has 0 radical (unpaired) electrons. The molecule has 0 bridgehead atoms. The van der Waals surface area contributed by atoms with Crippen LogP contribution in [0.1, 0.15) is 27.2 Å². The van der Waals surface area contributed by atoms with Crippen LogP contribution in [0.5, 0.6) is 0 Å². The molecule has 1 aliphatic heterocycles. The van der Waals surface area contributed by atoms with Gasteiger partial charge in [-0.3, -0.25) is 4.90 Å². The maximum atomic E-state index is 6.00. The molecular weight excluding hydrogens is 160 g/mol. The number of likely N-dealkylation sites (tertiary alicyclic amines) is 1. The van der Waals surface area contributed by atoms with Crippen LogP contribution in [-0.2, 0) is 0 Å². The Kier molecular flexibility index (Phi) is 3.77. The van der Waals surface area contributed by atoms with Crippen molar-refractivity contribution in [1.29, 1.82) is 0 Å². The summed E-state index contributed by atoms with van der Waals surface area (Å²) in [5.74, 6) is 6.65. The number of hydrogen-bond donors (Lipinski definition) is 1. The second-order valence-corrected chi connectivity index (χ2v) is 3.95. The smallest absolute Gasteiger partial charge is 0.0603 e. The zero-order chi connectivity index (χ0) is 9.84. The molecule has 1 heterocycles. The van der Waals surface area contributed by atoms with Gasteiger partial charge in [0.2, 0.25) is 0 Å². The first-order valence-corrected chi connectivity index (χ1v) is 5.06. The van der Waals surface area contributed by atoms with Crippen molar-refractivity contribution in [2.75, 3.05) is 13.1 Å². The van der Waals surface area contributed by atoms with Gasteiger partial charge in [-0.1, -0.05) is 12.8 Å². The van der Waals surface area contributed by atoms with Gasteiger partial charge in [0.25, 0.3) is 0 Å². The molecule has 0 saturated carbocycles. The first-order valence-electron chi connectivity index (χ1n) is 5.06. The summed E-state index contributed by atoms with van der Waals surface area (Å²) in [6, 6.07) is 0.949. The lowest BCUT2D eigenvalue weighted by molar-refractivity contribution is 0.113. The SMILES string of the molecule is CC#CCN1CCC(N)C(C)C1C. The maximum absolute atomic E-state index is 6.00. The number of nitrogens with zero attached hydrogens (tertiary/aromatic N) is 1. The van der Waals surface area contributed by atoms with Crippen LogP contribution in [0.15, 0.2) is 0 Å². The molecule has 74 valence electrons. The molecule has 2 nitrogen and oxygen atoms in total. The van der Waals surface area contributed by atoms with Crippen LogP contribution >= 0.6 is 0 Å². The van der Waals surface area contributed by atoms with E-state index in [4.69, 9.17) is 5.73 Å². The highest BCUT2D eigenvalue weighted by atomic mass is 15.2. The Labute approximate surface area is 81.5 Å². The Balaban J connectivity index is 2.51. The number of nitrogens with two attached hydrogens (primary N) is 1. The summed E-state index contributed by atoms with van der Waals surface area (Å²) in [6.07, 6.45) is 1.11. The van der Waals surface area contributed by atoms with Gasteiger partial charge in [0.05, 0.1) is 6.54 Å². The van der Waals surface area contributed by atoms with E-state index in [0.717, 1.165) is 19.5 Å². The van der Waals surface area contributed by atoms with E-state index in [0.29, 0.717) is 18.0 Å². The van der Waals surface area contributed by atoms with Gasteiger partial charge in [0, 0.05) is 18.6 Å². The van der Waals surface area contributed by atoms with Crippen LogP contribution in [0.2, 0.25) is 0 Å². The van der Waals surface area contributed by atoms with Crippen LogP contribution in [0.25, 0.3) is 0 Å². The number of piperidine rings is 1. The van der Waals surface area contributed by atoms with Crippen LogP contribution in [0.4, 0.5) is 0 Å². The zero-order valence-electron chi connectivity index (χ0n) is 8.88. The first kappa shape index (κ1) is 10.6. The predicted octanol–water partition coefficient (Wildman–Crippen LogP) is 1.07. The molecule has 1 rings (SSSR count). The Bertz CT molecular complexity index is 214. The van der Waals surface area contributed by atoms with Gasteiger partial charge in [0.1, 0.15) is 0 Å². The van der Waals surface area contributed by atoms with Crippen LogP contribution in [0, 0.1) is 17.8 Å². The van der Waals surface area contributed by atoms with E-state index in [1.54, 1.807) is 0 Å². The average Bonchev–Trinajstić information content (AvgIpc) is 2.13. The summed E-state index contributed by atoms with van der Waals surface area (Å²) < 4.78 is 0. The summed E-state index contributed by atoms with van der Waals surface area (Å²) in [4.78, 5) is 2.42. The molecule has 0 aromatic rings. The minimum absolute atomic E-state index is 0.376. The minimum atomic E-state index is 0.376. The molecule has 0 aromatic carbocycles. The van der Waals surface area contributed by atoms with E-state index >= 15 is 0 Å². The fraction of sp³-hybridized carbons (Fsp3) is 0.818. The van der Waals surface area contributed by atoms with Crippen molar-refractivity contribution in [2.45, 2.75) is 39.3 Å². The van der Waals surface area contributed by atoms with E-state index in [1.807, 2.05) is 6.92 Å². The fourth-order valence-electron chi connectivity index (χ4n) is 1.88. The highest BCUT2D eigenvalue weighted by Gasteiger charge is 2.29. The lowest BCUT2D eigenvalue weighted by Gasteiger charge is -2.40. The maximum Gasteiger partial charge on any atom is 0.0603 e. The Morgan fingerprint density at radius 2 is 2.15 bits per heavy atom. The molecule has 0 spiro atoms. The molecule has 3 unspecified atom stereocenters. The van der Waals surface area contributed by atoms with Gasteiger partial charge in [-0.15, -0.1) is 5.92 Å². The van der Waals surface area contributed by atoms with Gasteiger partial charge in [-0.25, -0.2) is 0 Å². The first-order chi connectivity index (χ1) is 6.16. The average molecular weight is 180 g/mol. The summed E-state index contributed by atoms with van der Waals surface area (Å²) >= 11 is 0. The largest absolute Gasteiger partial charge is 0.327 e. The molecule has 3 atom stereocenters. The van der Waals surface area contributed by atoms with Crippen molar-refractivity contribution < 1.29 is 0 Å².